The molecule has 1 aliphatic rings. The highest BCUT2D eigenvalue weighted by atomic mass is 32.2. The number of benzene rings is 1. The zero-order valence-corrected chi connectivity index (χ0v) is 13.2. The first kappa shape index (κ1) is 15.2. The Morgan fingerprint density at radius 1 is 1.30 bits per heavy atom. The lowest BCUT2D eigenvalue weighted by molar-refractivity contribution is -0.117. The van der Waals surface area contributed by atoms with Crippen LogP contribution in [0.5, 0.6) is 11.5 Å². The molecule has 2 aromatic rings. The molecule has 0 fully saturated rings. The Morgan fingerprint density at radius 3 is 2.78 bits per heavy atom. The van der Waals surface area contributed by atoms with Crippen LogP contribution in [0.15, 0.2) is 29.4 Å². The molecule has 0 saturated carbocycles. The van der Waals surface area contributed by atoms with Crippen LogP contribution >= 0.6 is 0 Å². The van der Waals surface area contributed by atoms with Crippen molar-refractivity contribution in [1.82, 2.24) is 9.55 Å². The maximum Gasteiger partial charge on any atom is 0.306 e. The van der Waals surface area contributed by atoms with E-state index in [1.165, 1.54) is 25.6 Å². The molecular weight excluding hydrogens is 322 g/mol. The number of hydrogen-bond donors (Lipinski definition) is 0. The standard InChI is InChI=1S/C14H13N3O5S/c1-21-12-5-9(22-23(2,19)20)3-4-10(12)11-7-17-8-15-14(18)6-13(17)16-11/h3-5,7-8H,6H2,1-2H3. The first-order valence-electron chi connectivity index (χ1n) is 6.58. The molecule has 0 unspecified atom stereocenters. The fourth-order valence-corrected chi connectivity index (χ4v) is 2.66. The van der Waals surface area contributed by atoms with Gasteiger partial charge in [0.1, 0.15) is 23.7 Å². The van der Waals surface area contributed by atoms with E-state index >= 15 is 0 Å². The van der Waals surface area contributed by atoms with Gasteiger partial charge in [0.25, 0.3) is 5.91 Å². The van der Waals surface area contributed by atoms with Gasteiger partial charge in [-0.1, -0.05) is 0 Å². The van der Waals surface area contributed by atoms with Crippen LogP contribution < -0.4 is 8.92 Å². The van der Waals surface area contributed by atoms with Crippen molar-refractivity contribution in [3.8, 4) is 22.8 Å². The van der Waals surface area contributed by atoms with Crippen LogP contribution in [-0.4, -0.2) is 43.6 Å². The Bertz CT molecular complexity index is 914. The third kappa shape index (κ3) is 3.24. The maximum atomic E-state index is 11.3. The summed E-state index contributed by atoms with van der Waals surface area (Å²) in [5, 5.41) is 0. The summed E-state index contributed by atoms with van der Waals surface area (Å²) in [6, 6.07) is 4.62. The van der Waals surface area contributed by atoms with E-state index in [1.54, 1.807) is 16.8 Å². The molecule has 0 radical (unpaired) electrons. The van der Waals surface area contributed by atoms with Crippen molar-refractivity contribution in [2.24, 2.45) is 4.99 Å². The fraction of sp³-hybridized carbons (Fsp3) is 0.214. The molecule has 8 nitrogen and oxygen atoms in total. The Balaban J connectivity index is 2.00. The molecular formula is C14H13N3O5S. The van der Waals surface area contributed by atoms with Gasteiger partial charge in [0.05, 0.1) is 25.5 Å². The third-order valence-electron chi connectivity index (χ3n) is 3.14. The number of rotatable bonds is 4. The first-order valence-corrected chi connectivity index (χ1v) is 8.40. The highest BCUT2D eigenvalue weighted by Crippen LogP contribution is 2.33. The Hall–Kier alpha value is -2.68. The highest BCUT2D eigenvalue weighted by molar-refractivity contribution is 7.86. The molecule has 0 bridgehead atoms. The second kappa shape index (κ2) is 5.51. The quantitative estimate of drug-likeness (QED) is 0.768. The summed E-state index contributed by atoms with van der Waals surface area (Å²) in [4.78, 5) is 19.4. The Labute approximate surface area is 132 Å². The fourth-order valence-electron chi connectivity index (χ4n) is 2.21. The lowest BCUT2D eigenvalue weighted by Gasteiger charge is -2.09. The summed E-state index contributed by atoms with van der Waals surface area (Å²) >= 11 is 0. The van der Waals surface area contributed by atoms with Gasteiger partial charge in [-0.2, -0.15) is 8.42 Å². The van der Waals surface area contributed by atoms with Crippen molar-refractivity contribution in [2.45, 2.75) is 6.42 Å². The number of aliphatic imine (C=N–C) groups is 1. The second-order valence-electron chi connectivity index (χ2n) is 4.91. The number of hydrogen-bond acceptors (Lipinski definition) is 6. The van der Waals surface area contributed by atoms with Crippen LogP contribution in [0.25, 0.3) is 11.3 Å². The number of amides is 1. The lowest BCUT2D eigenvalue weighted by Crippen LogP contribution is -2.14. The zero-order valence-electron chi connectivity index (χ0n) is 12.4. The minimum absolute atomic E-state index is 0.133. The van der Waals surface area contributed by atoms with Crippen molar-refractivity contribution in [1.29, 1.82) is 0 Å². The Morgan fingerprint density at radius 2 is 2.09 bits per heavy atom. The van der Waals surface area contributed by atoms with Crippen molar-refractivity contribution in [2.75, 3.05) is 13.4 Å². The average molecular weight is 335 g/mol. The topological polar surface area (TPSA) is 99.9 Å². The zero-order chi connectivity index (χ0) is 16.6. The van der Waals surface area contributed by atoms with E-state index in [1.807, 2.05) is 0 Å². The van der Waals surface area contributed by atoms with Crippen LogP contribution in [0.2, 0.25) is 0 Å². The predicted molar refractivity (Wildman–Crippen MR) is 82.3 cm³/mol. The molecule has 0 spiro atoms. The van der Waals surface area contributed by atoms with Gasteiger partial charge in [-0.15, -0.1) is 0 Å². The number of carbonyl (C=O) groups excluding carboxylic acids is 1. The molecule has 0 N–H and O–H groups in total. The van der Waals surface area contributed by atoms with E-state index in [0.29, 0.717) is 22.8 Å². The van der Waals surface area contributed by atoms with E-state index in [4.69, 9.17) is 8.92 Å². The molecule has 0 aliphatic carbocycles. The summed E-state index contributed by atoms with van der Waals surface area (Å²) in [6.07, 6.45) is 4.23. The SMILES string of the molecule is COc1cc(OS(C)(=O)=O)ccc1-c1cn2c(n1)CC(=O)N=C2. The molecule has 2 heterocycles. The van der Waals surface area contributed by atoms with Gasteiger partial charge in [0.2, 0.25) is 0 Å². The largest absolute Gasteiger partial charge is 0.496 e. The number of ether oxygens (including phenoxy) is 1. The van der Waals surface area contributed by atoms with Crippen LogP contribution in [0.3, 0.4) is 0 Å². The number of aromatic nitrogens is 2. The van der Waals surface area contributed by atoms with Gasteiger partial charge >= 0.3 is 10.1 Å². The molecule has 23 heavy (non-hydrogen) atoms. The number of fused-ring (bicyclic) bond motifs is 1. The molecule has 120 valence electrons. The normalized spacial score (nSPS) is 13.7. The number of carbonyl (C=O) groups is 1. The lowest BCUT2D eigenvalue weighted by atomic mass is 10.1. The first-order chi connectivity index (χ1) is 10.9. The van der Waals surface area contributed by atoms with Crippen molar-refractivity contribution in [3.63, 3.8) is 0 Å². The summed E-state index contributed by atoms with van der Waals surface area (Å²) < 4.78 is 34.2. The minimum Gasteiger partial charge on any atom is -0.496 e. The van der Waals surface area contributed by atoms with E-state index in [2.05, 4.69) is 9.98 Å². The predicted octanol–water partition coefficient (Wildman–Crippen LogP) is 0.856. The highest BCUT2D eigenvalue weighted by Gasteiger charge is 2.18. The van der Waals surface area contributed by atoms with Crippen LogP contribution in [0.4, 0.5) is 0 Å². The summed E-state index contributed by atoms with van der Waals surface area (Å²) in [6.45, 7) is 0. The van der Waals surface area contributed by atoms with Crippen LogP contribution in [0, 0.1) is 0 Å². The molecule has 1 aliphatic heterocycles. The number of imidazole rings is 1. The number of nitrogens with zero attached hydrogens (tertiary/aromatic N) is 3. The monoisotopic (exact) mass is 335 g/mol. The van der Waals surface area contributed by atoms with E-state index in [9.17, 15) is 13.2 Å². The molecule has 1 aromatic carbocycles. The van der Waals surface area contributed by atoms with Crippen molar-refractivity contribution < 1.29 is 22.1 Å². The van der Waals surface area contributed by atoms with E-state index in [0.717, 1.165) is 6.26 Å². The van der Waals surface area contributed by atoms with Crippen LogP contribution in [0.1, 0.15) is 5.82 Å². The molecule has 0 saturated heterocycles. The average Bonchev–Trinajstić information content (AvgIpc) is 2.88. The van der Waals surface area contributed by atoms with Gasteiger partial charge in [-0.05, 0) is 12.1 Å². The van der Waals surface area contributed by atoms with Crippen molar-refractivity contribution >= 4 is 22.4 Å². The van der Waals surface area contributed by atoms with Gasteiger partial charge < -0.3 is 8.92 Å². The minimum atomic E-state index is -3.62. The molecule has 3 rings (SSSR count). The smallest absolute Gasteiger partial charge is 0.306 e. The van der Waals surface area contributed by atoms with E-state index < -0.39 is 10.1 Å². The Kier molecular flexibility index (Phi) is 3.64. The number of methoxy groups -OCH3 is 1. The van der Waals surface area contributed by atoms with Gasteiger partial charge in [0, 0.05) is 17.8 Å². The van der Waals surface area contributed by atoms with Gasteiger partial charge in [-0.25, -0.2) is 9.98 Å². The molecule has 9 heteroatoms. The molecule has 0 atom stereocenters. The third-order valence-corrected chi connectivity index (χ3v) is 3.64. The van der Waals surface area contributed by atoms with Crippen molar-refractivity contribution in [3.05, 3.63) is 30.2 Å². The van der Waals surface area contributed by atoms with Gasteiger partial charge in [0.15, 0.2) is 0 Å². The summed E-state index contributed by atoms with van der Waals surface area (Å²) in [7, 11) is -2.16. The van der Waals surface area contributed by atoms with Gasteiger partial charge in [-0.3, -0.25) is 9.36 Å². The molecule has 1 amide bonds. The summed E-state index contributed by atoms with van der Waals surface area (Å²) in [5.41, 5.74) is 1.24. The summed E-state index contributed by atoms with van der Waals surface area (Å²) in [5.74, 6) is 0.885. The second-order valence-corrected chi connectivity index (χ2v) is 6.49. The maximum absolute atomic E-state index is 11.3. The van der Waals surface area contributed by atoms with E-state index in [-0.39, 0.29) is 18.1 Å². The molecule has 1 aromatic heterocycles. The van der Waals surface area contributed by atoms with Crippen LogP contribution in [-0.2, 0) is 21.3 Å².